The molecule has 0 fully saturated rings. The Morgan fingerprint density at radius 1 is 1.04 bits per heavy atom. The van der Waals surface area contributed by atoms with Crippen LogP contribution in [-0.4, -0.2) is 11.6 Å². The van der Waals surface area contributed by atoms with Crippen molar-refractivity contribution in [2.45, 2.75) is 32.4 Å². The minimum atomic E-state index is -0.227. The van der Waals surface area contributed by atoms with Crippen LogP contribution in [0.3, 0.4) is 0 Å². The Morgan fingerprint density at radius 3 is 2.63 bits per heavy atom. The molecule has 2 aliphatic rings. The van der Waals surface area contributed by atoms with E-state index in [4.69, 9.17) is 32.4 Å². The van der Waals surface area contributed by atoms with Gasteiger partial charge >= 0.3 is 5.63 Å². The summed E-state index contributed by atoms with van der Waals surface area (Å²) in [5, 5.41) is 2.24. The maximum Gasteiger partial charge on any atom is 0.339 e. The van der Waals surface area contributed by atoms with Gasteiger partial charge in [-0.1, -0.05) is 35.3 Å². The van der Waals surface area contributed by atoms with Gasteiger partial charge in [-0.15, -0.1) is 0 Å². The molecule has 1 aliphatic heterocycles. The average molecular weight is 402 g/mol. The van der Waals surface area contributed by atoms with Gasteiger partial charge in [-0.3, -0.25) is 4.90 Å². The van der Waals surface area contributed by atoms with Gasteiger partial charge < -0.3 is 9.15 Å². The second kappa shape index (κ2) is 6.55. The van der Waals surface area contributed by atoms with E-state index in [1.165, 1.54) is 0 Å². The van der Waals surface area contributed by atoms with Crippen molar-refractivity contribution < 1.29 is 9.15 Å². The first-order chi connectivity index (χ1) is 13.1. The van der Waals surface area contributed by atoms with E-state index in [1.807, 2.05) is 30.3 Å². The standard InChI is InChI=1S/C21H17Cl2NO3/c22-13-6-4-12(5-7-13)9-24-10-17-19-16(8-18(23)20(17)26-11-24)14-2-1-3-15(14)21(25)27-19/h4-8H,1-3,9-11H2. The fourth-order valence-electron chi connectivity index (χ4n) is 4.10. The Morgan fingerprint density at radius 2 is 1.81 bits per heavy atom. The molecule has 4 nitrogen and oxygen atoms in total. The molecule has 0 radical (unpaired) electrons. The van der Waals surface area contributed by atoms with Gasteiger partial charge in [0.1, 0.15) is 18.1 Å². The minimum absolute atomic E-state index is 0.227. The molecule has 2 heterocycles. The largest absolute Gasteiger partial charge is 0.476 e. The topological polar surface area (TPSA) is 42.7 Å². The highest BCUT2D eigenvalue weighted by Crippen LogP contribution is 2.41. The Kier molecular flexibility index (Phi) is 4.15. The van der Waals surface area contributed by atoms with Crippen LogP contribution in [0.1, 0.15) is 28.7 Å². The normalized spacial score (nSPS) is 16.2. The van der Waals surface area contributed by atoms with Crippen molar-refractivity contribution >= 4 is 34.2 Å². The fourth-order valence-corrected chi connectivity index (χ4v) is 4.51. The lowest BCUT2D eigenvalue weighted by Gasteiger charge is -2.30. The number of halogens is 2. The van der Waals surface area contributed by atoms with Gasteiger partial charge in [-0.25, -0.2) is 4.79 Å². The van der Waals surface area contributed by atoms with Crippen molar-refractivity contribution in [1.82, 2.24) is 4.90 Å². The second-order valence-electron chi connectivity index (χ2n) is 7.13. The molecule has 2 aromatic carbocycles. The highest BCUT2D eigenvalue weighted by molar-refractivity contribution is 6.33. The van der Waals surface area contributed by atoms with Crippen LogP contribution in [0.2, 0.25) is 10.0 Å². The van der Waals surface area contributed by atoms with E-state index in [-0.39, 0.29) is 5.63 Å². The van der Waals surface area contributed by atoms with E-state index in [0.717, 1.165) is 46.9 Å². The fraction of sp³-hybridized carbons (Fsp3) is 0.286. The van der Waals surface area contributed by atoms with Crippen molar-refractivity contribution in [3.05, 3.63) is 73.1 Å². The van der Waals surface area contributed by atoms with Crippen molar-refractivity contribution in [1.29, 1.82) is 0 Å². The van der Waals surface area contributed by atoms with E-state index in [9.17, 15) is 4.79 Å². The number of fused-ring (bicyclic) bond motifs is 5. The van der Waals surface area contributed by atoms with E-state index in [1.54, 1.807) is 0 Å². The molecule has 1 aliphatic carbocycles. The van der Waals surface area contributed by atoms with Crippen molar-refractivity contribution in [2.75, 3.05) is 6.73 Å². The summed E-state index contributed by atoms with van der Waals surface area (Å²) in [6.45, 7) is 1.74. The second-order valence-corrected chi connectivity index (χ2v) is 7.97. The van der Waals surface area contributed by atoms with Crippen LogP contribution in [0, 0.1) is 0 Å². The van der Waals surface area contributed by atoms with Crippen LogP contribution in [0.4, 0.5) is 0 Å². The lowest BCUT2D eigenvalue weighted by atomic mass is 10.0. The zero-order valence-electron chi connectivity index (χ0n) is 14.6. The predicted octanol–water partition coefficient (Wildman–Crippen LogP) is 4.94. The van der Waals surface area contributed by atoms with Gasteiger partial charge in [0.15, 0.2) is 0 Å². The molecule has 6 heteroatoms. The van der Waals surface area contributed by atoms with E-state index in [0.29, 0.717) is 41.2 Å². The minimum Gasteiger partial charge on any atom is -0.476 e. The highest BCUT2D eigenvalue weighted by Gasteiger charge is 2.28. The summed E-state index contributed by atoms with van der Waals surface area (Å²) in [6.07, 6.45) is 2.65. The Bertz CT molecular complexity index is 1110. The number of rotatable bonds is 2. The zero-order chi connectivity index (χ0) is 18.5. The summed E-state index contributed by atoms with van der Waals surface area (Å²) in [5.41, 5.74) is 4.26. The third-order valence-corrected chi connectivity index (χ3v) is 5.89. The third kappa shape index (κ3) is 2.92. The van der Waals surface area contributed by atoms with Crippen LogP contribution in [0.15, 0.2) is 39.5 Å². The Labute approximate surface area is 166 Å². The molecule has 0 saturated heterocycles. The number of hydrogen-bond donors (Lipinski definition) is 0. The van der Waals surface area contributed by atoms with Crippen LogP contribution < -0.4 is 10.4 Å². The lowest BCUT2D eigenvalue weighted by Crippen LogP contribution is -2.32. The van der Waals surface area contributed by atoms with Crippen LogP contribution in [0.25, 0.3) is 11.0 Å². The molecule has 0 unspecified atom stereocenters. The first kappa shape index (κ1) is 17.1. The first-order valence-corrected chi connectivity index (χ1v) is 9.75. The van der Waals surface area contributed by atoms with Gasteiger partial charge in [0, 0.05) is 29.1 Å². The summed E-state index contributed by atoms with van der Waals surface area (Å²) in [5.74, 6) is 0.623. The first-order valence-electron chi connectivity index (χ1n) is 8.99. The summed E-state index contributed by atoms with van der Waals surface area (Å²) >= 11 is 12.5. The van der Waals surface area contributed by atoms with Crippen LogP contribution in [-0.2, 0) is 25.9 Å². The van der Waals surface area contributed by atoms with Crippen molar-refractivity contribution in [3.63, 3.8) is 0 Å². The van der Waals surface area contributed by atoms with Crippen LogP contribution >= 0.6 is 23.2 Å². The summed E-state index contributed by atoms with van der Waals surface area (Å²) in [6, 6.07) is 9.65. The third-order valence-electron chi connectivity index (χ3n) is 5.36. The molecule has 0 bridgehead atoms. The monoisotopic (exact) mass is 401 g/mol. The number of benzene rings is 2. The van der Waals surface area contributed by atoms with E-state index in [2.05, 4.69) is 4.90 Å². The maximum atomic E-state index is 12.4. The molecule has 0 N–H and O–H groups in total. The number of nitrogens with zero attached hydrogens (tertiary/aromatic N) is 1. The van der Waals surface area contributed by atoms with Gasteiger partial charge in [-0.05, 0) is 48.6 Å². The quantitative estimate of drug-likeness (QED) is 0.570. The number of aryl methyl sites for hydroxylation is 1. The molecule has 1 aromatic heterocycles. The summed E-state index contributed by atoms with van der Waals surface area (Å²) in [7, 11) is 0. The van der Waals surface area contributed by atoms with Gasteiger partial charge in [0.05, 0.1) is 10.6 Å². The van der Waals surface area contributed by atoms with Crippen molar-refractivity contribution in [2.24, 2.45) is 0 Å². The van der Waals surface area contributed by atoms with E-state index >= 15 is 0 Å². The predicted molar refractivity (Wildman–Crippen MR) is 106 cm³/mol. The molecule has 3 aromatic rings. The zero-order valence-corrected chi connectivity index (χ0v) is 16.1. The number of hydrogen-bond acceptors (Lipinski definition) is 4. The molecular weight excluding hydrogens is 385 g/mol. The average Bonchev–Trinajstić information content (AvgIpc) is 3.16. The highest BCUT2D eigenvalue weighted by atomic mass is 35.5. The SMILES string of the molecule is O=c1oc2c3c(c(Cl)cc2c2c1CCC2)OCN(Cc1ccc(Cl)cc1)C3. The lowest BCUT2D eigenvalue weighted by molar-refractivity contribution is 0.0890. The Hall–Kier alpha value is -2.01. The van der Waals surface area contributed by atoms with Crippen molar-refractivity contribution in [3.8, 4) is 5.75 Å². The Balaban J connectivity index is 1.57. The molecule has 138 valence electrons. The van der Waals surface area contributed by atoms with E-state index < -0.39 is 0 Å². The molecule has 5 rings (SSSR count). The number of ether oxygens (including phenoxy) is 1. The molecule has 0 spiro atoms. The van der Waals surface area contributed by atoms with Gasteiger partial charge in [-0.2, -0.15) is 0 Å². The molecule has 0 saturated carbocycles. The molecular formula is C21H17Cl2NO3. The summed E-state index contributed by atoms with van der Waals surface area (Å²) in [4.78, 5) is 14.6. The smallest absolute Gasteiger partial charge is 0.339 e. The van der Waals surface area contributed by atoms with Gasteiger partial charge in [0.2, 0.25) is 0 Å². The maximum absolute atomic E-state index is 12.4. The molecule has 0 atom stereocenters. The molecule has 27 heavy (non-hydrogen) atoms. The van der Waals surface area contributed by atoms with Gasteiger partial charge in [0.25, 0.3) is 0 Å². The summed E-state index contributed by atoms with van der Waals surface area (Å²) < 4.78 is 11.7. The molecule has 0 amide bonds. The van der Waals surface area contributed by atoms with Crippen LogP contribution in [0.5, 0.6) is 5.75 Å².